The minimum absolute atomic E-state index is 0.137. The van der Waals surface area contributed by atoms with E-state index in [0.29, 0.717) is 104 Å². The Labute approximate surface area is 463 Å². The fourth-order valence-electron chi connectivity index (χ4n) is 7.80. The van der Waals surface area contributed by atoms with E-state index < -0.39 is 116 Å². The summed E-state index contributed by atoms with van der Waals surface area (Å²) in [5.41, 5.74) is 0.298. The highest BCUT2D eigenvalue weighted by Gasteiger charge is 2.59. The maximum Gasteiger partial charge on any atom is 0.407 e. The Morgan fingerprint density at radius 1 is 0.762 bits per heavy atom. The molecule has 80 heavy (non-hydrogen) atoms. The van der Waals surface area contributed by atoms with Gasteiger partial charge in [0.2, 0.25) is 5.91 Å². The van der Waals surface area contributed by atoms with Gasteiger partial charge in [-0.15, -0.1) is 5.10 Å². The van der Waals surface area contributed by atoms with Gasteiger partial charge in [0.1, 0.15) is 17.8 Å². The van der Waals surface area contributed by atoms with Gasteiger partial charge < -0.3 is 72.8 Å². The molecule has 2 aromatic rings. The number of rotatable bonds is 37. The van der Waals surface area contributed by atoms with Gasteiger partial charge in [-0.25, -0.2) is 23.1 Å². The standard InChI is InChI=1S/C52H78F2N6O20/c1-34(61)74-33-44(66)57-45-41(76-35(2)62)30-52(49(67)69-8,79-47(45)46(78-37(4)64)42(77-36(3)63)31-56-43(65)29-38-14-16-39(17-15-38)48(53)54)75-20-12-10-9-11-13-40-32-60(59-58-40)19-22-71-24-26-73-28-27-72-25-23-70-21-18-55-50(68)80-51(5,6)7/h14-17,32,41-42,45-48H,9-13,18-31,33H2,1-8H3,(H,55,68)(H,56,65)(H,57,66)/t41-,42+,45+,46+,47+,52+/m0/s1. The van der Waals surface area contributed by atoms with E-state index in [1.165, 1.54) is 12.1 Å². The summed E-state index contributed by atoms with van der Waals surface area (Å²) in [6.45, 7) is 11.7. The molecule has 0 bridgehead atoms. The van der Waals surface area contributed by atoms with E-state index in [9.17, 15) is 47.1 Å². The Morgan fingerprint density at radius 3 is 1.98 bits per heavy atom. The number of alkyl carbamates (subject to hydrolysis) is 1. The van der Waals surface area contributed by atoms with Gasteiger partial charge in [-0.05, 0) is 45.6 Å². The van der Waals surface area contributed by atoms with Crippen LogP contribution in [-0.2, 0) is 110 Å². The number of alkyl halides is 2. The Hall–Kier alpha value is -6.46. The Kier molecular flexibility index (Phi) is 30.5. The van der Waals surface area contributed by atoms with E-state index in [2.05, 4.69) is 26.3 Å². The molecule has 1 aliphatic heterocycles. The number of benzene rings is 1. The van der Waals surface area contributed by atoms with Crippen molar-refractivity contribution in [2.75, 3.05) is 86.3 Å². The zero-order valence-electron chi connectivity index (χ0n) is 46.8. The summed E-state index contributed by atoms with van der Waals surface area (Å²) in [5, 5.41) is 16.1. The number of halogens is 2. The van der Waals surface area contributed by atoms with Gasteiger partial charge in [0.25, 0.3) is 18.1 Å². The Balaban J connectivity index is 1.58. The number of amides is 3. The molecule has 0 saturated carbocycles. The molecule has 1 aromatic carbocycles. The van der Waals surface area contributed by atoms with Gasteiger partial charge in [-0.3, -0.25) is 28.8 Å². The molecular weight excluding hydrogens is 1070 g/mol. The smallest absolute Gasteiger partial charge is 0.407 e. The van der Waals surface area contributed by atoms with Crippen LogP contribution in [0.2, 0.25) is 0 Å². The fraction of sp³-hybridized carbons (Fsp3) is 0.692. The molecule has 0 unspecified atom stereocenters. The molecule has 3 N–H and O–H groups in total. The minimum atomic E-state index is -2.73. The summed E-state index contributed by atoms with van der Waals surface area (Å²) in [5.74, 6) is -8.78. The largest absolute Gasteiger partial charge is 0.465 e. The molecule has 2 heterocycles. The summed E-state index contributed by atoms with van der Waals surface area (Å²) in [4.78, 5) is 102. The molecule has 1 saturated heterocycles. The van der Waals surface area contributed by atoms with Crippen molar-refractivity contribution < 1.29 is 104 Å². The average molecular weight is 1150 g/mol. The molecule has 0 radical (unpaired) electrons. The first-order chi connectivity index (χ1) is 38.0. The normalized spacial score (nSPS) is 17.8. The lowest BCUT2D eigenvalue weighted by atomic mass is 9.87. The molecule has 26 nitrogen and oxygen atoms in total. The predicted molar refractivity (Wildman–Crippen MR) is 273 cm³/mol. The van der Waals surface area contributed by atoms with E-state index in [-0.39, 0.29) is 18.6 Å². The summed E-state index contributed by atoms with van der Waals surface area (Å²) in [6.07, 6.45) is -6.13. The Morgan fingerprint density at radius 2 is 1.39 bits per heavy atom. The van der Waals surface area contributed by atoms with Crippen LogP contribution in [0, 0.1) is 0 Å². The molecule has 450 valence electrons. The molecule has 28 heteroatoms. The molecule has 1 aliphatic rings. The second-order valence-electron chi connectivity index (χ2n) is 19.2. The van der Waals surface area contributed by atoms with Crippen LogP contribution in [0.15, 0.2) is 30.5 Å². The average Bonchev–Trinajstić information content (AvgIpc) is 3.84. The zero-order chi connectivity index (χ0) is 59.1. The molecule has 6 atom stereocenters. The number of nitrogens with one attached hydrogen (secondary N) is 3. The summed E-state index contributed by atoms with van der Waals surface area (Å²) in [6, 6.07) is 3.44. The van der Waals surface area contributed by atoms with E-state index in [4.69, 9.17) is 56.8 Å². The predicted octanol–water partition coefficient (Wildman–Crippen LogP) is 2.79. The first kappa shape index (κ1) is 67.8. The van der Waals surface area contributed by atoms with Crippen LogP contribution in [-0.4, -0.2) is 191 Å². The van der Waals surface area contributed by atoms with Crippen molar-refractivity contribution in [2.24, 2.45) is 0 Å². The molecule has 1 fully saturated rings. The van der Waals surface area contributed by atoms with E-state index in [1.54, 1.807) is 25.5 Å². The third-order valence-electron chi connectivity index (χ3n) is 11.2. The topological polar surface area (TPSA) is 314 Å². The summed E-state index contributed by atoms with van der Waals surface area (Å²) in [7, 11) is 1.04. The molecule has 0 spiro atoms. The van der Waals surface area contributed by atoms with Crippen molar-refractivity contribution in [1.29, 1.82) is 0 Å². The van der Waals surface area contributed by atoms with Crippen molar-refractivity contribution in [3.63, 3.8) is 0 Å². The van der Waals surface area contributed by atoms with Gasteiger partial charge in [0.15, 0.2) is 18.8 Å². The van der Waals surface area contributed by atoms with Gasteiger partial charge in [-0.2, -0.15) is 0 Å². The first-order valence-electron chi connectivity index (χ1n) is 26.2. The van der Waals surface area contributed by atoms with Crippen molar-refractivity contribution in [1.82, 2.24) is 30.9 Å². The highest BCUT2D eigenvalue weighted by Crippen LogP contribution is 2.37. The highest BCUT2D eigenvalue weighted by molar-refractivity contribution is 5.81. The SMILES string of the molecule is COC(=O)[C@@]1(OCCCCCCc2cn(CCOCCOCCOCCOCCNC(=O)OC(C)(C)C)nn2)C[C@H](OC(C)=O)[C@@H](NC(=O)COC(C)=O)[C@H]([C@H](OC(C)=O)[C@@H](CNC(=O)Cc2ccc(C(F)F)cc2)OC(C)=O)O1. The number of methoxy groups -OCH3 is 1. The van der Waals surface area contributed by atoms with E-state index in [1.807, 2.05) is 6.20 Å². The van der Waals surface area contributed by atoms with Crippen molar-refractivity contribution in [3.05, 3.63) is 47.3 Å². The lowest BCUT2D eigenvalue weighted by Gasteiger charge is -2.48. The molecule has 0 aliphatic carbocycles. The van der Waals surface area contributed by atoms with E-state index in [0.717, 1.165) is 52.6 Å². The van der Waals surface area contributed by atoms with Gasteiger partial charge in [0.05, 0.1) is 104 Å². The van der Waals surface area contributed by atoms with Crippen LogP contribution in [0.3, 0.4) is 0 Å². The second kappa shape index (κ2) is 36.0. The summed E-state index contributed by atoms with van der Waals surface area (Å²) >= 11 is 0. The number of unbranched alkanes of at least 4 members (excludes halogenated alkanes) is 3. The molecule has 1 aromatic heterocycles. The number of ether oxygens (including phenoxy) is 12. The number of hydrogen-bond donors (Lipinski definition) is 3. The van der Waals surface area contributed by atoms with Crippen LogP contribution >= 0.6 is 0 Å². The third kappa shape index (κ3) is 27.1. The zero-order valence-corrected chi connectivity index (χ0v) is 46.8. The van der Waals surface area contributed by atoms with Crippen LogP contribution in [0.25, 0.3) is 0 Å². The maximum absolute atomic E-state index is 13.9. The number of carbonyl (C=O) groups is 8. The van der Waals surface area contributed by atoms with Crippen LogP contribution in [0.1, 0.15) is 104 Å². The van der Waals surface area contributed by atoms with E-state index >= 15 is 0 Å². The highest BCUT2D eigenvalue weighted by atomic mass is 19.3. The lowest BCUT2D eigenvalue weighted by Crippen LogP contribution is -2.70. The lowest BCUT2D eigenvalue weighted by molar-refractivity contribution is -0.313. The third-order valence-corrected chi connectivity index (χ3v) is 11.2. The second-order valence-corrected chi connectivity index (χ2v) is 19.2. The number of hydrogen-bond acceptors (Lipinski definition) is 22. The molecule has 3 amide bonds. The van der Waals surface area contributed by atoms with Gasteiger partial charge in [0, 0.05) is 46.0 Å². The monoisotopic (exact) mass is 1140 g/mol. The maximum atomic E-state index is 13.9. The Bertz CT molecular complexity index is 2250. The summed E-state index contributed by atoms with van der Waals surface area (Å²) < 4.78 is 94.8. The van der Waals surface area contributed by atoms with Crippen molar-refractivity contribution in [3.8, 4) is 0 Å². The van der Waals surface area contributed by atoms with Crippen molar-refractivity contribution >= 4 is 47.8 Å². The first-order valence-corrected chi connectivity index (χ1v) is 26.2. The van der Waals surface area contributed by atoms with Gasteiger partial charge >= 0.3 is 35.9 Å². The number of nitrogens with zero attached hydrogens (tertiary/aromatic N) is 3. The number of carbonyl (C=O) groups excluding carboxylic acids is 8. The van der Waals surface area contributed by atoms with Crippen LogP contribution in [0.5, 0.6) is 0 Å². The number of aromatic nitrogens is 3. The van der Waals surface area contributed by atoms with Crippen LogP contribution in [0.4, 0.5) is 13.6 Å². The number of esters is 5. The molecular formula is C52H78F2N6O20. The molecule has 3 rings (SSSR count). The van der Waals surface area contributed by atoms with Crippen molar-refractivity contribution in [2.45, 2.75) is 148 Å². The quantitative estimate of drug-likeness (QED) is 0.0497. The van der Waals surface area contributed by atoms with Crippen LogP contribution < -0.4 is 16.0 Å². The minimum Gasteiger partial charge on any atom is -0.465 e. The number of aryl methyl sites for hydroxylation is 1. The van der Waals surface area contributed by atoms with Gasteiger partial charge in [-0.1, -0.05) is 42.3 Å². The fourth-order valence-corrected chi connectivity index (χ4v) is 7.80.